The lowest BCUT2D eigenvalue weighted by molar-refractivity contribution is 0.394. The predicted molar refractivity (Wildman–Crippen MR) is 129 cm³/mol. The fraction of sp³-hybridized carbons (Fsp3) is 0.192. The number of benzene rings is 3. The molecule has 4 rings (SSSR count). The molecule has 4 aromatic rings. The summed E-state index contributed by atoms with van der Waals surface area (Å²) in [5.41, 5.74) is 2.64. The molecule has 0 spiro atoms. The monoisotopic (exact) mass is 479 g/mol. The summed E-state index contributed by atoms with van der Waals surface area (Å²) in [5.74, 6) is 1.57. The van der Waals surface area contributed by atoms with Crippen LogP contribution in [0.2, 0.25) is 0 Å². The number of rotatable bonds is 6. The lowest BCUT2D eigenvalue weighted by Crippen LogP contribution is -2.16. The maximum absolute atomic E-state index is 13.7. The number of nitrogens with zero attached hydrogens (tertiary/aromatic N) is 1. The third-order valence-corrected chi connectivity index (χ3v) is 7.36. The van der Waals surface area contributed by atoms with Gasteiger partial charge in [0.05, 0.1) is 26.2 Å². The van der Waals surface area contributed by atoms with Crippen LogP contribution in [-0.2, 0) is 9.84 Å². The molecule has 8 heteroatoms. The molecule has 0 aliphatic heterocycles. The van der Waals surface area contributed by atoms with Gasteiger partial charge in [-0.25, -0.2) is 13.4 Å². The van der Waals surface area contributed by atoms with Crippen molar-refractivity contribution in [3.63, 3.8) is 0 Å². The number of hydrogen-bond donors (Lipinski definition) is 0. The van der Waals surface area contributed by atoms with Crippen molar-refractivity contribution in [3.8, 4) is 17.2 Å². The first-order valence-electron chi connectivity index (χ1n) is 10.5. The molecule has 0 atom stereocenters. The van der Waals surface area contributed by atoms with Crippen LogP contribution >= 0.6 is 0 Å². The van der Waals surface area contributed by atoms with E-state index in [4.69, 9.17) is 18.6 Å². The zero-order valence-electron chi connectivity index (χ0n) is 19.6. The SMILES string of the molecule is COc1ccc(N=c2oc3cc(OC)ccc3cc2S(=O)(=O)c2ccc(C)c(C)c2)c(OC)c1. The third kappa shape index (κ3) is 4.36. The highest BCUT2D eigenvalue weighted by Crippen LogP contribution is 2.32. The molecular formula is C26H25NO6S. The first-order valence-corrected chi connectivity index (χ1v) is 12.0. The van der Waals surface area contributed by atoms with Crippen molar-refractivity contribution in [2.45, 2.75) is 23.6 Å². The van der Waals surface area contributed by atoms with Crippen molar-refractivity contribution in [1.82, 2.24) is 0 Å². The molecule has 0 radical (unpaired) electrons. The van der Waals surface area contributed by atoms with Crippen LogP contribution in [0.4, 0.5) is 5.69 Å². The molecule has 176 valence electrons. The average molecular weight is 480 g/mol. The van der Waals surface area contributed by atoms with Crippen LogP contribution in [0.3, 0.4) is 0 Å². The summed E-state index contributed by atoms with van der Waals surface area (Å²) in [4.78, 5) is 4.67. The Hall–Kier alpha value is -3.78. The van der Waals surface area contributed by atoms with Gasteiger partial charge in [-0.1, -0.05) is 6.07 Å². The summed E-state index contributed by atoms with van der Waals surface area (Å²) in [6.07, 6.45) is 0. The Morgan fingerprint density at radius 2 is 1.47 bits per heavy atom. The second-order valence-electron chi connectivity index (χ2n) is 7.72. The van der Waals surface area contributed by atoms with Crippen LogP contribution in [0.1, 0.15) is 11.1 Å². The van der Waals surface area contributed by atoms with Crippen molar-refractivity contribution in [3.05, 3.63) is 77.3 Å². The van der Waals surface area contributed by atoms with Crippen molar-refractivity contribution >= 4 is 26.5 Å². The van der Waals surface area contributed by atoms with E-state index in [0.717, 1.165) is 11.1 Å². The minimum Gasteiger partial charge on any atom is -0.497 e. The topological polar surface area (TPSA) is 87.3 Å². The second-order valence-corrected chi connectivity index (χ2v) is 9.64. The van der Waals surface area contributed by atoms with E-state index in [-0.39, 0.29) is 15.3 Å². The van der Waals surface area contributed by atoms with Gasteiger partial charge in [0.15, 0.2) is 0 Å². The quantitative estimate of drug-likeness (QED) is 0.381. The molecule has 0 fully saturated rings. The lowest BCUT2D eigenvalue weighted by atomic mass is 10.1. The first kappa shape index (κ1) is 23.4. The average Bonchev–Trinajstić information content (AvgIpc) is 2.84. The maximum atomic E-state index is 13.7. The number of sulfone groups is 1. The van der Waals surface area contributed by atoms with Gasteiger partial charge in [-0.3, -0.25) is 0 Å². The molecule has 1 aromatic heterocycles. The smallest absolute Gasteiger partial charge is 0.239 e. The molecule has 0 bridgehead atoms. The number of aryl methyl sites for hydroxylation is 2. The molecule has 0 unspecified atom stereocenters. The Balaban J connectivity index is 2.04. The van der Waals surface area contributed by atoms with Crippen molar-refractivity contribution < 1.29 is 27.0 Å². The summed E-state index contributed by atoms with van der Waals surface area (Å²) >= 11 is 0. The van der Waals surface area contributed by atoms with Gasteiger partial charge in [-0.2, -0.15) is 0 Å². The van der Waals surface area contributed by atoms with E-state index in [2.05, 4.69) is 4.99 Å². The van der Waals surface area contributed by atoms with Gasteiger partial charge in [0, 0.05) is 17.5 Å². The molecule has 0 amide bonds. The largest absolute Gasteiger partial charge is 0.497 e. The minimum atomic E-state index is -3.95. The van der Waals surface area contributed by atoms with Gasteiger partial charge in [0.25, 0.3) is 0 Å². The number of fused-ring (bicyclic) bond motifs is 1. The van der Waals surface area contributed by atoms with Crippen molar-refractivity contribution in [2.75, 3.05) is 21.3 Å². The van der Waals surface area contributed by atoms with Crippen LogP contribution < -0.4 is 19.8 Å². The number of methoxy groups -OCH3 is 3. The molecule has 7 nitrogen and oxygen atoms in total. The Morgan fingerprint density at radius 1 is 0.765 bits per heavy atom. The number of hydrogen-bond acceptors (Lipinski definition) is 7. The van der Waals surface area contributed by atoms with E-state index >= 15 is 0 Å². The molecule has 0 saturated carbocycles. The molecular weight excluding hydrogens is 454 g/mol. The van der Waals surface area contributed by atoms with Gasteiger partial charge in [0.1, 0.15) is 33.4 Å². The standard InChI is InChI=1S/C26H25NO6S/c1-16-6-10-21(12-17(16)2)34(28,29)25-13-18-7-8-19(30-3)14-23(18)33-26(25)27-22-11-9-20(31-4)15-24(22)32-5/h6-15H,1-5H3. The Morgan fingerprint density at radius 3 is 2.15 bits per heavy atom. The fourth-order valence-corrected chi connectivity index (χ4v) is 4.90. The van der Waals surface area contributed by atoms with E-state index < -0.39 is 9.84 Å². The highest BCUT2D eigenvalue weighted by Gasteiger charge is 2.23. The molecule has 3 aromatic carbocycles. The summed E-state index contributed by atoms with van der Waals surface area (Å²) in [5, 5.41) is 0.601. The zero-order chi connectivity index (χ0) is 24.5. The van der Waals surface area contributed by atoms with Crippen molar-refractivity contribution in [2.24, 2.45) is 4.99 Å². The zero-order valence-corrected chi connectivity index (χ0v) is 20.4. The summed E-state index contributed by atoms with van der Waals surface area (Å²) < 4.78 is 49.5. The Kier molecular flexibility index (Phi) is 6.34. The highest BCUT2D eigenvalue weighted by molar-refractivity contribution is 7.91. The van der Waals surface area contributed by atoms with E-state index in [1.165, 1.54) is 7.11 Å². The van der Waals surface area contributed by atoms with Gasteiger partial charge >= 0.3 is 0 Å². The fourth-order valence-electron chi connectivity index (χ4n) is 3.47. The predicted octanol–water partition coefficient (Wildman–Crippen LogP) is 5.14. The van der Waals surface area contributed by atoms with E-state index in [1.807, 2.05) is 13.8 Å². The number of ether oxygens (including phenoxy) is 3. The summed E-state index contributed by atoms with van der Waals surface area (Å²) in [6.45, 7) is 3.81. The normalized spacial score (nSPS) is 12.1. The lowest BCUT2D eigenvalue weighted by Gasteiger charge is -2.10. The molecule has 34 heavy (non-hydrogen) atoms. The minimum absolute atomic E-state index is 0.0497. The van der Waals surface area contributed by atoms with Crippen molar-refractivity contribution in [1.29, 1.82) is 0 Å². The molecule has 0 aliphatic rings. The van der Waals surface area contributed by atoms with Gasteiger partial charge in [0.2, 0.25) is 15.4 Å². The van der Waals surface area contributed by atoms with Gasteiger partial charge in [-0.15, -0.1) is 0 Å². The Bertz CT molecular complexity index is 1550. The van der Waals surface area contributed by atoms with E-state index in [0.29, 0.717) is 33.9 Å². The van der Waals surface area contributed by atoms with E-state index in [1.54, 1.807) is 74.9 Å². The van der Waals surface area contributed by atoms with Crippen LogP contribution in [0.15, 0.2) is 79.9 Å². The van der Waals surface area contributed by atoms with Gasteiger partial charge in [-0.05, 0) is 67.4 Å². The molecule has 1 heterocycles. The molecule has 0 aliphatic carbocycles. The first-order chi connectivity index (χ1) is 16.3. The maximum Gasteiger partial charge on any atom is 0.239 e. The second kappa shape index (κ2) is 9.23. The van der Waals surface area contributed by atoms with Crippen LogP contribution in [0.25, 0.3) is 11.0 Å². The Labute approximate surface area is 198 Å². The molecule has 0 saturated heterocycles. The van der Waals surface area contributed by atoms with Gasteiger partial charge < -0.3 is 18.6 Å². The summed E-state index contributed by atoms with van der Waals surface area (Å²) in [7, 11) is 0.646. The highest BCUT2D eigenvalue weighted by atomic mass is 32.2. The third-order valence-electron chi connectivity index (χ3n) is 5.61. The summed E-state index contributed by atoms with van der Waals surface area (Å²) in [6, 6.07) is 16.8. The van der Waals surface area contributed by atoms with E-state index in [9.17, 15) is 8.42 Å². The van der Waals surface area contributed by atoms with Crippen LogP contribution in [0.5, 0.6) is 17.2 Å². The van der Waals surface area contributed by atoms with Crippen LogP contribution in [0, 0.1) is 13.8 Å². The van der Waals surface area contributed by atoms with Crippen LogP contribution in [-0.4, -0.2) is 29.7 Å². The molecule has 0 N–H and O–H groups in total.